The van der Waals surface area contributed by atoms with Gasteiger partial charge in [0.25, 0.3) is 0 Å². The maximum atomic E-state index is 12.3. The SMILES string of the molecule is C[C@@H]1COCC[C@H]1S(=O)(=O)N1CCCC1. The molecule has 2 aliphatic rings. The van der Waals surface area contributed by atoms with Crippen LogP contribution in [-0.2, 0) is 14.8 Å². The number of sulfonamides is 1. The lowest BCUT2D eigenvalue weighted by atomic mass is 10.0. The third kappa shape index (κ3) is 2.19. The van der Waals surface area contributed by atoms with Crippen molar-refractivity contribution in [2.24, 2.45) is 5.92 Å². The zero-order valence-electron chi connectivity index (χ0n) is 9.18. The van der Waals surface area contributed by atoms with Crippen molar-refractivity contribution in [1.29, 1.82) is 0 Å². The van der Waals surface area contributed by atoms with Crippen molar-refractivity contribution in [2.45, 2.75) is 31.4 Å². The molecule has 0 unspecified atom stereocenters. The summed E-state index contributed by atoms with van der Waals surface area (Å²) in [6.07, 6.45) is 2.67. The van der Waals surface area contributed by atoms with Crippen LogP contribution >= 0.6 is 0 Å². The molecule has 0 spiro atoms. The van der Waals surface area contributed by atoms with Crippen molar-refractivity contribution in [2.75, 3.05) is 26.3 Å². The minimum Gasteiger partial charge on any atom is -0.381 e. The van der Waals surface area contributed by atoms with Gasteiger partial charge in [-0.2, -0.15) is 0 Å². The quantitative estimate of drug-likeness (QED) is 0.710. The van der Waals surface area contributed by atoms with Crippen LogP contribution in [0.2, 0.25) is 0 Å². The van der Waals surface area contributed by atoms with Crippen LogP contribution in [0.1, 0.15) is 26.2 Å². The van der Waals surface area contributed by atoms with Crippen LogP contribution in [0.4, 0.5) is 0 Å². The van der Waals surface area contributed by atoms with E-state index in [4.69, 9.17) is 4.74 Å². The Morgan fingerprint density at radius 2 is 1.93 bits per heavy atom. The molecule has 4 nitrogen and oxygen atoms in total. The first-order chi connectivity index (χ1) is 7.12. The molecule has 15 heavy (non-hydrogen) atoms. The van der Waals surface area contributed by atoms with Crippen molar-refractivity contribution in [3.8, 4) is 0 Å². The van der Waals surface area contributed by atoms with E-state index in [1.54, 1.807) is 4.31 Å². The third-order valence-corrected chi connectivity index (χ3v) is 5.92. The molecule has 2 aliphatic heterocycles. The topological polar surface area (TPSA) is 46.6 Å². The standard InChI is InChI=1S/C10H19NO3S/c1-9-8-14-7-4-10(9)15(12,13)11-5-2-3-6-11/h9-10H,2-8H2,1H3/t9-,10-/m1/s1. The van der Waals surface area contributed by atoms with Gasteiger partial charge < -0.3 is 4.74 Å². The Bertz CT molecular complexity index is 309. The molecule has 0 saturated carbocycles. The average Bonchev–Trinajstić information content (AvgIpc) is 2.71. The smallest absolute Gasteiger partial charge is 0.217 e. The van der Waals surface area contributed by atoms with Crippen LogP contribution in [0, 0.1) is 5.92 Å². The van der Waals surface area contributed by atoms with Gasteiger partial charge in [-0.1, -0.05) is 6.92 Å². The van der Waals surface area contributed by atoms with E-state index in [9.17, 15) is 8.42 Å². The number of hydrogen-bond acceptors (Lipinski definition) is 3. The highest BCUT2D eigenvalue weighted by Crippen LogP contribution is 2.26. The summed E-state index contributed by atoms with van der Waals surface area (Å²) in [5.41, 5.74) is 0. The van der Waals surface area contributed by atoms with Crippen molar-refractivity contribution in [3.05, 3.63) is 0 Å². The Hall–Kier alpha value is -0.130. The fraction of sp³-hybridized carbons (Fsp3) is 1.00. The van der Waals surface area contributed by atoms with E-state index >= 15 is 0 Å². The zero-order chi connectivity index (χ0) is 10.9. The van der Waals surface area contributed by atoms with Gasteiger partial charge in [-0.25, -0.2) is 12.7 Å². The minimum absolute atomic E-state index is 0.129. The van der Waals surface area contributed by atoms with Crippen LogP contribution < -0.4 is 0 Å². The summed E-state index contributed by atoms with van der Waals surface area (Å²) in [6, 6.07) is 0. The van der Waals surface area contributed by atoms with E-state index in [0.29, 0.717) is 32.7 Å². The van der Waals surface area contributed by atoms with Crippen LogP contribution in [0.3, 0.4) is 0 Å². The summed E-state index contributed by atoms with van der Waals surface area (Å²) in [4.78, 5) is 0. The van der Waals surface area contributed by atoms with Crippen molar-refractivity contribution in [3.63, 3.8) is 0 Å². The maximum Gasteiger partial charge on any atom is 0.217 e. The van der Waals surface area contributed by atoms with Crippen LogP contribution in [0.25, 0.3) is 0 Å². The molecule has 5 heteroatoms. The summed E-state index contributed by atoms with van der Waals surface area (Å²) in [5.74, 6) is 0.129. The molecule has 0 bridgehead atoms. The fourth-order valence-electron chi connectivity index (χ4n) is 2.44. The second kappa shape index (κ2) is 4.39. The first-order valence-electron chi connectivity index (χ1n) is 5.69. The van der Waals surface area contributed by atoms with E-state index in [1.165, 1.54) is 0 Å². The molecule has 0 N–H and O–H groups in total. The molecule has 0 aromatic carbocycles. The van der Waals surface area contributed by atoms with E-state index < -0.39 is 10.0 Å². The lowest BCUT2D eigenvalue weighted by Crippen LogP contribution is -2.44. The van der Waals surface area contributed by atoms with E-state index in [2.05, 4.69) is 0 Å². The van der Waals surface area contributed by atoms with Gasteiger partial charge in [0, 0.05) is 19.7 Å². The van der Waals surface area contributed by atoms with Crippen LogP contribution in [0.5, 0.6) is 0 Å². The number of rotatable bonds is 2. The average molecular weight is 233 g/mol. The van der Waals surface area contributed by atoms with E-state index in [0.717, 1.165) is 12.8 Å². The molecule has 0 aliphatic carbocycles. The lowest BCUT2D eigenvalue weighted by Gasteiger charge is -2.31. The molecule has 2 rings (SSSR count). The Kier molecular flexibility index (Phi) is 3.33. The fourth-order valence-corrected chi connectivity index (χ4v) is 4.65. The van der Waals surface area contributed by atoms with Gasteiger partial charge in [-0.15, -0.1) is 0 Å². The van der Waals surface area contributed by atoms with Gasteiger partial charge in [-0.3, -0.25) is 0 Å². The molecular formula is C10H19NO3S. The molecule has 2 fully saturated rings. The Morgan fingerprint density at radius 1 is 1.27 bits per heavy atom. The molecule has 0 radical (unpaired) electrons. The highest BCUT2D eigenvalue weighted by atomic mass is 32.2. The summed E-state index contributed by atoms with van der Waals surface area (Å²) < 4.78 is 31.5. The van der Waals surface area contributed by atoms with Crippen molar-refractivity contribution >= 4 is 10.0 Å². The highest BCUT2D eigenvalue weighted by molar-refractivity contribution is 7.89. The summed E-state index contributed by atoms with van der Waals surface area (Å²) in [5, 5.41) is -0.218. The Morgan fingerprint density at radius 3 is 2.53 bits per heavy atom. The number of nitrogens with zero attached hydrogens (tertiary/aromatic N) is 1. The minimum atomic E-state index is -3.06. The molecule has 88 valence electrons. The molecule has 2 heterocycles. The molecule has 2 atom stereocenters. The second-order valence-electron chi connectivity index (χ2n) is 4.53. The molecule has 0 aromatic heterocycles. The van der Waals surface area contributed by atoms with E-state index in [1.807, 2.05) is 6.92 Å². The first-order valence-corrected chi connectivity index (χ1v) is 7.19. The van der Waals surface area contributed by atoms with Gasteiger partial charge in [0.1, 0.15) is 0 Å². The normalized spacial score (nSPS) is 34.5. The van der Waals surface area contributed by atoms with Crippen LogP contribution in [-0.4, -0.2) is 44.3 Å². The predicted octanol–water partition coefficient (Wildman–Crippen LogP) is 0.837. The molecular weight excluding hydrogens is 214 g/mol. The Balaban J connectivity index is 2.12. The Labute approximate surface area is 91.6 Å². The highest BCUT2D eigenvalue weighted by Gasteiger charge is 2.38. The van der Waals surface area contributed by atoms with Gasteiger partial charge in [-0.05, 0) is 25.2 Å². The monoisotopic (exact) mass is 233 g/mol. The number of hydrogen-bond donors (Lipinski definition) is 0. The first kappa shape index (κ1) is 11.4. The maximum absolute atomic E-state index is 12.3. The van der Waals surface area contributed by atoms with Crippen molar-refractivity contribution in [1.82, 2.24) is 4.31 Å². The third-order valence-electron chi connectivity index (χ3n) is 3.37. The van der Waals surface area contributed by atoms with Crippen molar-refractivity contribution < 1.29 is 13.2 Å². The molecule has 2 saturated heterocycles. The van der Waals surface area contributed by atoms with Gasteiger partial charge >= 0.3 is 0 Å². The van der Waals surface area contributed by atoms with Gasteiger partial charge in [0.05, 0.1) is 11.9 Å². The lowest BCUT2D eigenvalue weighted by molar-refractivity contribution is 0.0626. The second-order valence-corrected chi connectivity index (χ2v) is 6.68. The largest absolute Gasteiger partial charge is 0.381 e. The molecule has 0 aromatic rings. The number of ether oxygens (including phenoxy) is 1. The summed E-state index contributed by atoms with van der Waals surface area (Å²) in [7, 11) is -3.06. The van der Waals surface area contributed by atoms with E-state index in [-0.39, 0.29) is 11.2 Å². The summed E-state index contributed by atoms with van der Waals surface area (Å²) in [6.45, 7) is 4.57. The van der Waals surface area contributed by atoms with Gasteiger partial charge in [0.2, 0.25) is 10.0 Å². The van der Waals surface area contributed by atoms with Crippen LogP contribution in [0.15, 0.2) is 0 Å². The summed E-state index contributed by atoms with van der Waals surface area (Å²) >= 11 is 0. The molecule has 0 amide bonds. The predicted molar refractivity (Wildman–Crippen MR) is 58.1 cm³/mol. The zero-order valence-corrected chi connectivity index (χ0v) is 10.0. The van der Waals surface area contributed by atoms with Gasteiger partial charge in [0.15, 0.2) is 0 Å².